The number of aromatic hydroxyl groups is 2. The first kappa shape index (κ1) is 17.8. The first-order valence-electron chi connectivity index (χ1n) is 8.54. The summed E-state index contributed by atoms with van der Waals surface area (Å²) in [5, 5.41) is 25.9. The van der Waals surface area contributed by atoms with Gasteiger partial charge in [-0.3, -0.25) is 4.99 Å². The van der Waals surface area contributed by atoms with Crippen LogP contribution in [0.3, 0.4) is 0 Å². The molecule has 2 heterocycles. The minimum atomic E-state index is -0.0489. The van der Waals surface area contributed by atoms with Crippen LogP contribution in [0.2, 0.25) is 0 Å². The molecular weight excluding hydrogens is 374 g/mol. The maximum absolute atomic E-state index is 10.00. The molecule has 0 saturated heterocycles. The van der Waals surface area contributed by atoms with E-state index in [1.54, 1.807) is 23.3 Å². The molecule has 0 aliphatic carbocycles. The lowest BCUT2D eigenvalue weighted by Crippen LogP contribution is -2.12. The average Bonchev–Trinajstić information content (AvgIpc) is 3.36. The second-order valence-electron chi connectivity index (χ2n) is 6.02. The van der Waals surface area contributed by atoms with E-state index in [1.165, 1.54) is 29.7 Å². The number of hydrogen-bond donors (Lipinski definition) is 2. The molecule has 0 bridgehead atoms. The summed E-state index contributed by atoms with van der Waals surface area (Å²) < 4.78 is 6.91. The van der Waals surface area contributed by atoms with Crippen molar-refractivity contribution in [2.75, 3.05) is 0 Å². The number of aromatic nitrogens is 1. The van der Waals surface area contributed by atoms with Crippen molar-refractivity contribution in [2.24, 2.45) is 10.1 Å². The molecule has 4 rings (SSSR count). The Balaban J connectivity index is 1.74. The van der Waals surface area contributed by atoms with Crippen molar-refractivity contribution >= 4 is 17.6 Å². The number of hydrogen-bond acceptors (Lipinski definition) is 6. The number of furan rings is 1. The van der Waals surface area contributed by atoms with E-state index >= 15 is 0 Å². The number of thiazole rings is 1. The molecule has 28 heavy (non-hydrogen) atoms. The van der Waals surface area contributed by atoms with Crippen LogP contribution in [0.5, 0.6) is 11.5 Å². The van der Waals surface area contributed by atoms with Crippen LogP contribution in [-0.4, -0.2) is 21.1 Å². The molecule has 0 unspecified atom stereocenters. The van der Waals surface area contributed by atoms with Crippen molar-refractivity contribution in [1.29, 1.82) is 0 Å². The van der Waals surface area contributed by atoms with Crippen LogP contribution in [-0.2, 0) is 6.54 Å². The topological polar surface area (TPSA) is 83.2 Å². The van der Waals surface area contributed by atoms with Gasteiger partial charge in [0.2, 0.25) is 4.80 Å². The Morgan fingerprint density at radius 2 is 1.93 bits per heavy atom. The highest BCUT2D eigenvalue weighted by Gasteiger charge is 2.09. The van der Waals surface area contributed by atoms with Gasteiger partial charge < -0.3 is 14.6 Å². The number of benzene rings is 2. The third kappa shape index (κ3) is 3.89. The molecule has 7 heteroatoms. The van der Waals surface area contributed by atoms with E-state index in [0.29, 0.717) is 12.1 Å². The summed E-state index contributed by atoms with van der Waals surface area (Å²) in [7, 11) is 0. The Bertz CT molecular complexity index is 1160. The van der Waals surface area contributed by atoms with Gasteiger partial charge in [0.25, 0.3) is 0 Å². The standard InChI is InChI=1S/C21H17N3O3S/c25-18-7-6-16(20(26)10-18)12-23-24-19(17-8-9-27-13-17)14-28-21(24)22-11-15-4-2-1-3-5-15/h1-10,12-14,25-26H,11H2/b22-21?,23-12+. The van der Waals surface area contributed by atoms with Crippen LogP contribution in [0.25, 0.3) is 11.3 Å². The predicted molar refractivity (Wildman–Crippen MR) is 108 cm³/mol. The van der Waals surface area contributed by atoms with Crippen LogP contribution >= 0.6 is 11.3 Å². The summed E-state index contributed by atoms with van der Waals surface area (Å²) in [5.74, 6) is -0.0531. The van der Waals surface area contributed by atoms with Gasteiger partial charge in [0.1, 0.15) is 11.5 Å². The van der Waals surface area contributed by atoms with E-state index in [4.69, 9.17) is 9.41 Å². The fraction of sp³-hybridized carbons (Fsp3) is 0.0476. The minimum absolute atomic E-state index is 0.00419. The van der Waals surface area contributed by atoms with Gasteiger partial charge in [-0.05, 0) is 23.8 Å². The summed E-state index contributed by atoms with van der Waals surface area (Å²) in [6, 6.07) is 16.2. The third-order valence-corrected chi connectivity index (χ3v) is 4.92. The lowest BCUT2D eigenvalue weighted by Gasteiger charge is -2.02. The minimum Gasteiger partial charge on any atom is -0.508 e. The second-order valence-corrected chi connectivity index (χ2v) is 6.85. The average molecular weight is 391 g/mol. The highest BCUT2D eigenvalue weighted by molar-refractivity contribution is 7.07. The van der Waals surface area contributed by atoms with Gasteiger partial charge in [-0.25, -0.2) is 4.68 Å². The third-order valence-electron chi connectivity index (χ3n) is 4.07. The summed E-state index contributed by atoms with van der Waals surface area (Å²) in [6.07, 6.45) is 4.79. The second kappa shape index (κ2) is 7.98. The molecule has 140 valence electrons. The fourth-order valence-corrected chi connectivity index (χ4v) is 3.47. The van der Waals surface area contributed by atoms with Gasteiger partial charge in [0, 0.05) is 22.6 Å². The van der Waals surface area contributed by atoms with Gasteiger partial charge in [-0.2, -0.15) is 5.10 Å². The molecule has 4 aromatic rings. The van der Waals surface area contributed by atoms with E-state index < -0.39 is 0 Å². The summed E-state index contributed by atoms with van der Waals surface area (Å²) in [6.45, 7) is 0.534. The van der Waals surface area contributed by atoms with E-state index in [0.717, 1.165) is 21.6 Å². The largest absolute Gasteiger partial charge is 0.508 e. The molecule has 0 aliphatic rings. The molecule has 6 nitrogen and oxygen atoms in total. The van der Waals surface area contributed by atoms with Crippen molar-refractivity contribution < 1.29 is 14.6 Å². The molecule has 2 aromatic carbocycles. The molecule has 2 N–H and O–H groups in total. The van der Waals surface area contributed by atoms with Crippen LogP contribution in [0.1, 0.15) is 11.1 Å². The Kier molecular flexibility index (Phi) is 5.07. The first-order valence-corrected chi connectivity index (χ1v) is 9.42. The van der Waals surface area contributed by atoms with Crippen molar-refractivity contribution in [3.05, 3.63) is 88.4 Å². The Hall–Kier alpha value is -3.58. The zero-order valence-corrected chi connectivity index (χ0v) is 15.6. The number of phenolic OH excluding ortho intramolecular Hbond substituents is 2. The van der Waals surface area contributed by atoms with Gasteiger partial charge in [0.05, 0.1) is 31.0 Å². The van der Waals surface area contributed by atoms with Crippen LogP contribution in [0.15, 0.2) is 87.0 Å². The monoisotopic (exact) mass is 391 g/mol. The Morgan fingerprint density at radius 3 is 2.68 bits per heavy atom. The Labute approximate surface area is 165 Å². The molecule has 0 spiro atoms. The van der Waals surface area contributed by atoms with Gasteiger partial charge in [-0.15, -0.1) is 11.3 Å². The molecule has 0 amide bonds. The van der Waals surface area contributed by atoms with Crippen LogP contribution in [0, 0.1) is 0 Å². The molecular formula is C21H17N3O3S. The lowest BCUT2D eigenvalue weighted by molar-refractivity contribution is 0.450. The lowest BCUT2D eigenvalue weighted by atomic mass is 10.2. The normalized spacial score (nSPS) is 12.1. The number of nitrogens with zero attached hydrogens (tertiary/aromatic N) is 3. The zero-order valence-electron chi connectivity index (χ0n) is 14.8. The molecule has 0 radical (unpaired) electrons. The van der Waals surface area contributed by atoms with Gasteiger partial charge >= 0.3 is 0 Å². The van der Waals surface area contributed by atoms with Gasteiger partial charge in [0.15, 0.2) is 0 Å². The van der Waals surface area contributed by atoms with E-state index in [9.17, 15) is 10.2 Å². The van der Waals surface area contributed by atoms with Crippen molar-refractivity contribution in [3.8, 4) is 22.8 Å². The fourth-order valence-electron chi connectivity index (χ4n) is 2.63. The SMILES string of the molecule is Oc1ccc(/C=N/n2c(-c3ccoc3)csc2=NCc2ccccc2)c(O)c1. The number of rotatable bonds is 5. The maximum atomic E-state index is 10.00. The molecule has 0 fully saturated rings. The smallest absolute Gasteiger partial charge is 0.206 e. The first-order chi connectivity index (χ1) is 13.7. The highest BCUT2D eigenvalue weighted by atomic mass is 32.1. The molecule has 2 aromatic heterocycles. The van der Waals surface area contributed by atoms with Crippen molar-refractivity contribution in [2.45, 2.75) is 6.54 Å². The summed E-state index contributed by atoms with van der Waals surface area (Å²) in [4.78, 5) is 5.41. The van der Waals surface area contributed by atoms with Crippen molar-refractivity contribution in [3.63, 3.8) is 0 Å². The molecule has 0 saturated carbocycles. The highest BCUT2D eigenvalue weighted by Crippen LogP contribution is 2.23. The van der Waals surface area contributed by atoms with E-state index in [2.05, 4.69) is 5.10 Å². The van der Waals surface area contributed by atoms with Crippen LogP contribution < -0.4 is 4.80 Å². The molecule has 0 aliphatic heterocycles. The summed E-state index contributed by atoms with van der Waals surface area (Å²) in [5.41, 5.74) is 3.31. The quantitative estimate of drug-likeness (QED) is 0.500. The predicted octanol–water partition coefficient (Wildman–Crippen LogP) is 4.20. The maximum Gasteiger partial charge on any atom is 0.206 e. The van der Waals surface area contributed by atoms with E-state index in [1.807, 2.05) is 41.8 Å². The Morgan fingerprint density at radius 1 is 1.07 bits per heavy atom. The summed E-state index contributed by atoms with van der Waals surface area (Å²) >= 11 is 1.47. The zero-order chi connectivity index (χ0) is 19.3. The molecule has 0 atom stereocenters. The van der Waals surface area contributed by atoms with Crippen LogP contribution in [0.4, 0.5) is 0 Å². The van der Waals surface area contributed by atoms with E-state index in [-0.39, 0.29) is 11.5 Å². The van der Waals surface area contributed by atoms with Crippen molar-refractivity contribution in [1.82, 2.24) is 4.68 Å². The van der Waals surface area contributed by atoms with Gasteiger partial charge in [-0.1, -0.05) is 30.3 Å². The number of phenols is 2.